The van der Waals surface area contributed by atoms with Crippen LogP contribution in [0.15, 0.2) is 6.07 Å². The molecule has 1 aromatic heterocycles. The summed E-state index contributed by atoms with van der Waals surface area (Å²) >= 11 is 4.91. The number of aromatic nitrogens is 2. The van der Waals surface area contributed by atoms with Crippen LogP contribution in [0.2, 0.25) is 0 Å². The van der Waals surface area contributed by atoms with E-state index in [2.05, 4.69) is 5.10 Å². The number of thiocarbonyl (C=S) groups is 1. The highest BCUT2D eigenvalue weighted by Gasteiger charge is 2.20. The SMILES string of the molecule is CCCN(CC(N)=S)C(=O)c1cc(CC)nn1CC. The van der Waals surface area contributed by atoms with E-state index in [-0.39, 0.29) is 5.91 Å². The van der Waals surface area contributed by atoms with Gasteiger partial charge in [0.1, 0.15) is 5.69 Å². The predicted octanol–water partition coefficient (Wildman–Crippen LogP) is 1.60. The summed E-state index contributed by atoms with van der Waals surface area (Å²) in [6.07, 6.45) is 1.69. The average molecular weight is 282 g/mol. The van der Waals surface area contributed by atoms with Crippen molar-refractivity contribution in [1.29, 1.82) is 0 Å². The minimum Gasteiger partial charge on any atom is -0.392 e. The van der Waals surface area contributed by atoms with Gasteiger partial charge in [0, 0.05) is 13.1 Å². The van der Waals surface area contributed by atoms with Gasteiger partial charge >= 0.3 is 0 Å². The van der Waals surface area contributed by atoms with E-state index in [1.165, 1.54) is 0 Å². The molecule has 2 N–H and O–H groups in total. The van der Waals surface area contributed by atoms with Crippen LogP contribution in [0.5, 0.6) is 0 Å². The van der Waals surface area contributed by atoms with E-state index < -0.39 is 0 Å². The third-order valence-electron chi connectivity index (χ3n) is 2.84. The second kappa shape index (κ2) is 7.23. The number of amides is 1. The number of nitrogens with two attached hydrogens (primary N) is 1. The number of carbonyl (C=O) groups excluding carboxylic acids is 1. The van der Waals surface area contributed by atoms with Crippen molar-refractivity contribution < 1.29 is 4.79 Å². The van der Waals surface area contributed by atoms with Crippen LogP contribution in [0, 0.1) is 0 Å². The molecule has 0 saturated heterocycles. The lowest BCUT2D eigenvalue weighted by Crippen LogP contribution is -2.39. The van der Waals surface area contributed by atoms with E-state index in [1.807, 2.05) is 26.8 Å². The second-order valence-corrected chi connectivity index (χ2v) is 4.91. The molecule has 0 atom stereocenters. The third-order valence-corrected chi connectivity index (χ3v) is 2.97. The summed E-state index contributed by atoms with van der Waals surface area (Å²) in [5.74, 6) is -0.0521. The molecule has 0 bridgehead atoms. The third kappa shape index (κ3) is 4.02. The topological polar surface area (TPSA) is 64.2 Å². The first-order chi connectivity index (χ1) is 9.03. The van der Waals surface area contributed by atoms with Gasteiger partial charge in [0.05, 0.1) is 17.2 Å². The Balaban J connectivity index is 3.00. The lowest BCUT2D eigenvalue weighted by molar-refractivity contribution is 0.0767. The summed E-state index contributed by atoms with van der Waals surface area (Å²) in [5.41, 5.74) is 7.10. The van der Waals surface area contributed by atoms with Gasteiger partial charge in [-0.3, -0.25) is 9.48 Å². The lowest BCUT2D eigenvalue weighted by atomic mass is 10.2. The van der Waals surface area contributed by atoms with Crippen molar-refractivity contribution in [3.63, 3.8) is 0 Å². The van der Waals surface area contributed by atoms with Crippen LogP contribution < -0.4 is 5.73 Å². The fourth-order valence-corrected chi connectivity index (χ4v) is 2.08. The molecule has 0 unspecified atom stereocenters. The van der Waals surface area contributed by atoms with Crippen molar-refractivity contribution in [3.05, 3.63) is 17.5 Å². The molecular formula is C13H22N4OS. The van der Waals surface area contributed by atoms with E-state index >= 15 is 0 Å². The number of carbonyl (C=O) groups is 1. The van der Waals surface area contributed by atoms with Crippen molar-refractivity contribution >= 4 is 23.1 Å². The van der Waals surface area contributed by atoms with Crippen molar-refractivity contribution in [1.82, 2.24) is 14.7 Å². The Morgan fingerprint density at radius 2 is 2.16 bits per heavy atom. The van der Waals surface area contributed by atoms with Crippen LogP contribution in [-0.2, 0) is 13.0 Å². The van der Waals surface area contributed by atoms with Gasteiger partial charge in [-0.15, -0.1) is 0 Å². The van der Waals surface area contributed by atoms with Gasteiger partial charge in [0.25, 0.3) is 5.91 Å². The van der Waals surface area contributed by atoms with E-state index in [4.69, 9.17) is 18.0 Å². The Hall–Kier alpha value is -1.43. The molecule has 1 amide bonds. The van der Waals surface area contributed by atoms with Crippen LogP contribution >= 0.6 is 12.2 Å². The first kappa shape index (κ1) is 15.6. The monoisotopic (exact) mass is 282 g/mol. The van der Waals surface area contributed by atoms with Crippen molar-refractivity contribution in [3.8, 4) is 0 Å². The maximum atomic E-state index is 12.5. The number of hydrogen-bond donors (Lipinski definition) is 1. The summed E-state index contributed by atoms with van der Waals surface area (Å²) in [4.78, 5) is 14.5. The number of aryl methyl sites for hydroxylation is 2. The van der Waals surface area contributed by atoms with Gasteiger partial charge in [-0.1, -0.05) is 26.1 Å². The molecule has 0 aliphatic rings. The molecule has 19 heavy (non-hydrogen) atoms. The predicted molar refractivity (Wildman–Crippen MR) is 80.3 cm³/mol. The fourth-order valence-electron chi connectivity index (χ4n) is 1.93. The van der Waals surface area contributed by atoms with Gasteiger partial charge in [0.15, 0.2) is 0 Å². The minimum absolute atomic E-state index is 0.0521. The van der Waals surface area contributed by atoms with E-state index in [0.717, 1.165) is 18.5 Å². The van der Waals surface area contributed by atoms with Gasteiger partial charge in [0.2, 0.25) is 0 Å². The standard InChI is InChI=1S/C13H22N4OS/c1-4-7-16(9-12(14)19)13(18)11-8-10(5-2)15-17(11)6-3/h8H,4-7,9H2,1-3H3,(H2,14,19). The molecule has 1 rings (SSSR count). The van der Waals surface area contributed by atoms with Crippen molar-refractivity contribution in [2.75, 3.05) is 13.1 Å². The molecule has 6 heteroatoms. The average Bonchev–Trinajstić information content (AvgIpc) is 2.80. The molecule has 5 nitrogen and oxygen atoms in total. The maximum Gasteiger partial charge on any atom is 0.272 e. The van der Waals surface area contributed by atoms with E-state index in [1.54, 1.807) is 9.58 Å². The van der Waals surface area contributed by atoms with Gasteiger partial charge in [-0.2, -0.15) is 5.10 Å². The molecule has 1 aromatic rings. The Bertz CT molecular complexity index is 455. The zero-order valence-corrected chi connectivity index (χ0v) is 12.7. The zero-order chi connectivity index (χ0) is 14.4. The zero-order valence-electron chi connectivity index (χ0n) is 11.8. The summed E-state index contributed by atoms with van der Waals surface area (Å²) in [5, 5.41) is 4.39. The molecule has 0 spiro atoms. The first-order valence-corrected chi connectivity index (χ1v) is 7.08. The molecule has 0 aliphatic carbocycles. The van der Waals surface area contributed by atoms with Crippen LogP contribution in [0.3, 0.4) is 0 Å². The molecule has 0 saturated carbocycles. The summed E-state index contributed by atoms with van der Waals surface area (Å²) in [7, 11) is 0. The number of rotatable bonds is 7. The van der Waals surface area contributed by atoms with E-state index in [9.17, 15) is 4.79 Å². The van der Waals surface area contributed by atoms with Crippen molar-refractivity contribution in [2.24, 2.45) is 5.73 Å². The smallest absolute Gasteiger partial charge is 0.272 e. The molecule has 0 radical (unpaired) electrons. The Morgan fingerprint density at radius 1 is 1.47 bits per heavy atom. The lowest BCUT2D eigenvalue weighted by Gasteiger charge is -2.21. The summed E-state index contributed by atoms with van der Waals surface area (Å²) < 4.78 is 1.74. The molecule has 0 aromatic carbocycles. The fraction of sp³-hybridized carbons (Fsp3) is 0.615. The van der Waals surface area contributed by atoms with Gasteiger partial charge < -0.3 is 10.6 Å². The molecular weight excluding hydrogens is 260 g/mol. The summed E-state index contributed by atoms with van der Waals surface area (Å²) in [6, 6.07) is 1.86. The molecule has 0 aliphatic heterocycles. The van der Waals surface area contributed by atoms with Crippen LogP contribution in [0.1, 0.15) is 43.4 Å². The Morgan fingerprint density at radius 3 is 2.63 bits per heavy atom. The van der Waals surface area contributed by atoms with Crippen LogP contribution in [-0.4, -0.2) is 38.7 Å². The highest BCUT2D eigenvalue weighted by atomic mass is 32.1. The molecule has 1 heterocycles. The highest BCUT2D eigenvalue weighted by molar-refractivity contribution is 7.80. The number of hydrogen-bond acceptors (Lipinski definition) is 3. The largest absolute Gasteiger partial charge is 0.392 e. The van der Waals surface area contributed by atoms with Crippen LogP contribution in [0.25, 0.3) is 0 Å². The van der Waals surface area contributed by atoms with Gasteiger partial charge in [-0.25, -0.2) is 0 Å². The number of nitrogens with zero attached hydrogens (tertiary/aromatic N) is 3. The Kier molecular flexibility index (Phi) is 5.95. The minimum atomic E-state index is -0.0521. The normalized spacial score (nSPS) is 10.5. The molecule has 0 fully saturated rings. The summed E-state index contributed by atoms with van der Waals surface area (Å²) in [6.45, 7) is 7.66. The second-order valence-electron chi connectivity index (χ2n) is 4.38. The van der Waals surface area contributed by atoms with Gasteiger partial charge in [-0.05, 0) is 25.8 Å². The Labute approximate surface area is 119 Å². The maximum absolute atomic E-state index is 12.5. The molecule has 106 valence electrons. The highest BCUT2D eigenvalue weighted by Crippen LogP contribution is 2.10. The van der Waals surface area contributed by atoms with Crippen LogP contribution in [0.4, 0.5) is 0 Å². The quantitative estimate of drug-likeness (QED) is 0.772. The first-order valence-electron chi connectivity index (χ1n) is 6.67. The van der Waals surface area contributed by atoms with Crippen molar-refractivity contribution in [2.45, 2.75) is 40.2 Å². The van der Waals surface area contributed by atoms with E-state index in [0.29, 0.717) is 30.3 Å².